The highest BCUT2D eigenvalue weighted by atomic mass is 16.5. The minimum absolute atomic E-state index is 0.233. The van der Waals surface area contributed by atoms with Crippen molar-refractivity contribution in [2.75, 3.05) is 19.7 Å². The molecule has 1 N–H and O–H groups in total. The van der Waals surface area contributed by atoms with Crippen molar-refractivity contribution >= 4 is 22.8 Å². The Kier molecular flexibility index (Phi) is 4.59. The molecule has 2 heterocycles. The lowest BCUT2D eigenvalue weighted by atomic mass is 9.96. The lowest BCUT2D eigenvalue weighted by molar-refractivity contribution is -0.124. The molecular formula is C20H23N3O3. The van der Waals surface area contributed by atoms with E-state index in [9.17, 15) is 9.59 Å². The van der Waals surface area contributed by atoms with Crippen LogP contribution in [0.5, 0.6) is 0 Å². The van der Waals surface area contributed by atoms with Gasteiger partial charge in [0.15, 0.2) is 6.61 Å². The summed E-state index contributed by atoms with van der Waals surface area (Å²) in [5.74, 6) is -0.674. The van der Waals surface area contributed by atoms with Gasteiger partial charge in [-0.3, -0.25) is 14.7 Å². The number of rotatable bonds is 5. The fourth-order valence-corrected chi connectivity index (χ4v) is 3.45. The Morgan fingerprint density at radius 3 is 2.88 bits per heavy atom. The van der Waals surface area contributed by atoms with E-state index < -0.39 is 5.97 Å². The number of carbonyl (C=O) groups excluding carboxylic acids is 2. The first kappa shape index (κ1) is 17.0. The van der Waals surface area contributed by atoms with E-state index in [1.54, 1.807) is 0 Å². The second kappa shape index (κ2) is 7.03. The number of benzene rings is 1. The van der Waals surface area contributed by atoms with Gasteiger partial charge in [0.2, 0.25) is 0 Å². The molecule has 6 heteroatoms. The maximum Gasteiger partial charge on any atom is 0.339 e. The number of amides is 1. The Labute approximate surface area is 152 Å². The molecule has 1 aromatic heterocycles. The van der Waals surface area contributed by atoms with E-state index in [-0.39, 0.29) is 18.6 Å². The van der Waals surface area contributed by atoms with E-state index in [2.05, 4.69) is 17.1 Å². The quantitative estimate of drug-likeness (QED) is 0.833. The number of hydrogen-bond acceptors (Lipinski definition) is 5. The summed E-state index contributed by atoms with van der Waals surface area (Å²) in [6.45, 7) is 4.41. The van der Waals surface area contributed by atoms with Crippen LogP contribution in [0.25, 0.3) is 10.9 Å². The Morgan fingerprint density at radius 2 is 2.12 bits per heavy atom. The molecule has 0 bridgehead atoms. The third-order valence-electron chi connectivity index (χ3n) is 5.05. The van der Waals surface area contributed by atoms with Crippen molar-refractivity contribution in [2.45, 2.75) is 38.8 Å². The molecular weight excluding hydrogens is 330 g/mol. The third kappa shape index (κ3) is 3.42. The molecule has 1 amide bonds. The predicted molar refractivity (Wildman–Crippen MR) is 97.8 cm³/mol. The summed E-state index contributed by atoms with van der Waals surface area (Å²) in [4.78, 5) is 31.8. The third-order valence-corrected chi connectivity index (χ3v) is 5.05. The van der Waals surface area contributed by atoms with Gasteiger partial charge in [-0.2, -0.15) is 0 Å². The first-order valence-electron chi connectivity index (χ1n) is 9.25. The van der Waals surface area contributed by atoms with Crippen LogP contribution in [-0.4, -0.2) is 47.5 Å². The fourth-order valence-electron chi connectivity index (χ4n) is 3.45. The second-order valence-electron chi connectivity index (χ2n) is 6.97. The summed E-state index contributed by atoms with van der Waals surface area (Å²) in [5, 5.41) is 3.63. The highest BCUT2D eigenvalue weighted by molar-refractivity contribution is 6.05. The number of pyridine rings is 1. The molecule has 1 fully saturated rings. The number of ether oxygens (including phenoxy) is 1. The summed E-state index contributed by atoms with van der Waals surface area (Å²) in [6, 6.07) is 7.88. The van der Waals surface area contributed by atoms with Crippen LogP contribution in [-0.2, 0) is 22.5 Å². The molecule has 6 nitrogen and oxygen atoms in total. The normalized spacial score (nSPS) is 17.0. The van der Waals surface area contributed by atoms with Crippen LogP contribution < -0.4 is 5.32 Å². The smallest absolute Gasteiger partial charge is 0.339 e. The zero-order valence-electron chi connectivity index (χ0n) is 15.0. The standard InChI is InChI=1S/C20H23N3O3/c1-2-23-10-9-17-15(11-23)19(14-5-3-4-6-16(14)22-17)20(25)26-12-18(24)21-13-7-8-13/h3-6,13H,2,7-12H2,1H3,(H,21,24). The number of para-hydroxylation sites is 1. The molecule has 0 spiro atoms. The van der Waals surface area contributed by atoms with Gasteiger partial charge in [0, 0.05) is 42.2 Å². The van der Waals surface area contributed by atoms with Crippen LogP contribution in [0, 0.1) is 0 Å². The largest absolute Gasteiger partial charge is 0.452 e. The minimum Gasteiger partial charge on any atom is -0.452 e. The van der Waals surface area contributed by atoms with Gasteiger partial charge >= 0.3 is 5.97 Å². The molecule has 136 valence electrons. The van der Waals surface area contributed by atoms with Crippen LogP contribution in [0.1, 0.15) is 41.4 Å². The molecule has 0 unspecified atom stereocenters. The number of likely N-dealkylation sites (N-methyl/N-ethyl adjacent to an activating group) is 1. The van der Waals surface area contributed by atoms with Crippen LogP contribution in [0.4, 0.5) is 0 Å². The van der Waals surface area contributed by atoms with Crippen molar-refractivity contribution in [1.82, 2.24) is 15.2 Å². The maximum atomic E-state index is 12.9. The van der Waals surface area contributed by atoms with Crippen LogP contribution in [0.15, 0.2) is 24.3 Å². The molecule has 0 saturated heterocycles. The Hall–Kier alpha value is -2.47. The highest BCUT2D eigenvalue weighted by Gasteiger charge is 2.27. The summed E-state index contributed by atoms with van der Waals surface area (Å²) in [7, 11) is 0. The van der Waals surface area contributed by atoms with Gasteiger partial charge < -0.3 is 10.1 Å². The molecule has 2 aliphatic rings. The molecule has 1 saturated carbocycles. The monoisotopic (exact) mass is 353 g/mol. The van der Waals surface area contributed by atoms with Gasteiger partial charge in [0.1, 0.15) is 0 Å². The first-order valence-corrected chi connectivity index (χ1v) is 9.25. The van der Waals surface area contributed by atoms with E-state index in [4.69, 9.17) is 9.72 Å². The number of fused-ring (bicyclic) bond motifs is 2. The molecule has 1 aromatic carbocycles. The molecule has 1 aliphatic carbocycles. The zero-order valence-corrected chi connectivity index (χ0v) is 15.0. The highest BCUT2D eigenvalue weighted by Crippen LogP contribution is 2.28. The Morgan fingerprint density at radius 1 is 1.31 bits per heavy atom. The average molecular weight is 353 g/mol. The van der Waals surface area contributed by atoms with Gasteiger partial charge in [0.25, 0.3) is 5.91 Å². The number of aromatic nitrogens is 1. The minimum atomic E-state index is -0.441. The van der Waals surface area contributed by atoms with Gasteiger partial charge in [0.05, 0.1) is 11.1 Å². The lowest BCUT2D eigenvalue weighted by Gasteiger charge is -2.28. The number of esters is 1. The van der Waals surface area contributed by atoms with Gasteiger partial charge in [-0.1, -0.05) is 25.1 Å². The summed E-state index contributed by atoms with van der Waals surface area (Å²) >= 11 is 0. The van der Waals surface area contributed by atoms with Crippen LogP contribution in [0.2, 0.25) is 0 Å². The van der Waals surface area contributed by atoms with Crippen molar-refractivity contribution in [3.63, 3.8) is 0 Å². The van der Waals surface area contributed by atoms with Gasteiger partial charge in [-0.15, -0.1) is 0 Å². The van der Waals surface area contributed by atoms with Crippen molar-refractivity contribution in [1.29, 1.82) is 0 Å². The van der Waals surface area contributed by atoms with E-state index >= 15 is 0 Å². The van der Waals surface area contributed by atoms with Crippen LogP contribution >= 0.6 is 0 Å². The van der Waals surface area contributed by atoms with Crippen molar-refractivity contribution < 1.29 is 14.3 Å². The maximum absolute atomic E-state index is 12.9. The van der Waals surface area contributed by atoms with Gasteiger partial charge in [-0.05, 0) is 25.5 Å². The van der Waals surface area contributed by atoms with Crippen molar-refractivity contribution in [3.05, 3.63) is 41.1 Å². The second-order valence-corrected chi connectivity index (χ2v) is 6.97. The van der Waals surface area contributed by atoms with Crippen LogP contribution in [0.3, 0.4) is 0 Å². The van der Waals surface area contributed by atoms with E-state index in [0.29, 0.717) is 12.1 Å². The molecule has 4 rings (SSSR count). The average Bonchev–Trinajstić information content (AvgIpc) is 3.47. The molecule has 1 aliphatic heterocycles. The number of nitrogens with zero attached hydrogens (tertiary/aromatic N) is 2. The van der Waals surface area contributed by atoms with E-state index in [1.807, 2.05) is 24.3 Å². The Balaban J connectivity index is 1.65. The SMILES string of the molecule is CCN1CCc2nc3ccccc3c(C(=O)OCC(=O)NC3CC3)c2C1. The van der Waals surface area contributed by atoms with E-state index in [1.165, 1.54) is 0 Å². The molecule has 0 radical (unpaired) electrons. The Bertz CT molecular complexity index is 861. The predicted octanol–water partition coefficient (Wildman–Crippen LogP) is 2.05. The van der Waals surface area contributed by atoms with Crippen molar-refractivity contribution in [3.8, 4) is 0 Å². The molecule has 26 heavy (non-hydrogen) atoms. The lowest BCUT2D eigenvalue weighted by Crippen LogP contribution is -2.33. The number of carbonyl (C=O) groups is 2. The summed E-state index contributed by atoms with van der Waals surface area (Å²) < 4.78 is 5.36. The number of hydrogen-bond donors (Lipinski definition) is 1. The van der Waals surface area contributed by atoms with Crippen molar-refractivity contribution in [2.24, 2.45) is 0 Å². The molecule has 2 aromatic rings. The summed E-state index contributed by atoms with van der Waals surface area (Å²) in [6.07, 6.45) is 2.83. The topological polar surface area (TPSA) is 71.5 Å². The molecule has 0 atom stereocenters. The first-order chi connectivity index (χ1) is 12.7. The number of nitrogens with one attached hydrogen (secondary N) is 1. The van der Waals surface area contributed by atoms with E-state index in [0.717, 1.165) is 54.5 Å². The summed E-state index contributed by atoms with van der Waals surface area (Å²) in [5.41, 5.74) is 3.25. The fraction of sp³-hybridized carbons (Fsp3) is 0.450. The zero-order chi connectivity index (χ0) is 18.1. The van der Waals surface area contributed by atoms with Gasteiger partial charge in [-0.25, -0.2) is 4.79 Å².